The van der Waals surface area contributed by atoms with Crippen LogP contribution < -0.4 is 5.32 Å². The molecular weight excluding hydrogens is 298 g/mol. The van der Waals surface area contributed by atoms with Crippen molar-refractivity contribution in [3.8, 4) is 0 Å². The van der Waals surface area contributed by atoms with Gasteiger partial charge in [-0.25, -0.2) is 8.42 Å². The van der Waals surface area contributed by atoms with E-state index in [4.69, 9.17) is 0 Å². The maximum atomic E-state index is 12.4. The first kappa shape index (κ1) is 16.2. The Labute approximate surface area is 124 Å². The standard InChI is InChI=1S/C14H20F2N2O2S/c15-14(16)21(19,20)13-6-4-12(5-7-13)17-8-11-18-9-2-1-3-10-18/h4-7,14,17H,1-3,8-11H2. The molecule has 4 nitrogen and oxygen atoms in total. The third-order valence-corrected chi connectivity index (χ3v) is 5.02. The van der Waals surface area contributed by atoms with Gasteiger partial charge >= 0.3 is 5.76 Å². The third-order valence-electron chi connectivity index (χ3n) is 3.62. The minimum Gasteiger partial charge on any atom is -0.384 e. The molecule has 0 radical (unpaired) electrons. The van der Waals surface area contributed by atoms with Crippen molar-refractivity contribution in [2.75, 3.05) is 31.5 Å². The number of nitrogens with zero attached hydrogens (tertiary/aromatic N) is 1. The summed E-state index contributed by atoms with van der Waals surface area (Å²) in [6.07, 6.45) is 3.77. The molecule has 1 aliphatic rings. The van der Waals surface area contributed by atoms with Crippen LogP contribution in [0.5, 0.6) is 0 Å². The molecule has 118 valence electrons. The number of benzene rings is 1. The molecule has 0 aromatic heterocycles. The number of rotatable bonds is 6. The van der Waals surface area contributed by atoms with Gasteiger partial charge in [0.05, 0.1) is 4.90 Å². The van der Waals surface area contributed by atoms with Gasteiger partial charge in [-0.15, -0.1) is 0 Å². The molecule has 21 heavy (non-hydrogen) atoms. The van der Waals surface area contributed by atoms with Crippen molar-refractivity contribution in [1.29, 1.82) is 0 Å². The summed E-state index contributed by atoms with van der Waals surface area (Å²) in [5, 5.41) is 3.18. The van der Waals surface area contributed by atoms with E-state index in [1.807, 2.05) is 0 Å². The molecule has 0 aliphatic carbocycles. The Bertz CT molecular complexity index is 541. The largest absolute Gasteiger partial charge is 0.384 e. The number of anilines is 1. The van der Waals surface area contributed by atoms with E-state index >= 15 is 0 Å². The van der Waals surface area contributed by atoms with E-state index in [9.17, 15) is 17.2 Å². The molecule has 1 saturated heterocycles. The van der Waals surface area contributed by atoms with Crippen LogP contribution in [-0.4, -0.2) is 45.3 Å². The second-order valence-corrected chi connectivity index (χ2v) is 7.08. The van der Waals surface area contributed by atoms with Gasteiger partial charge in [0.25, 0.3) is 0 Å². The zero-order chi connectivity index (χ0) is 15.3. The Kier molecular flexibility index (Phi) is 5.52. The summed E-state index contributed by atoms with van der Waals surface area (Å²) in [4.78, 5) is 2.03. The zero-order valence-electron chi connectivity index (χ0n) is 11.8. The van der Waals surface area contributed by atoms with Crippen molar-refractivity contribution in [2.45, 2.75) is 29.9 Å². The summed E-state index contributed by atoms with van der Waals surface area (Å²) in [7, 11) is -4.50. The van der Waals surface area contributed by atoms with Crippen LogP contribution in [0.25, 0.3) is 0 Å². The molecule has 1 aromatic rings. The van der Waals surface area contributed by atoms with Gasteiger partial charge in [0.15, 0.2) is 0 Å². The Balaban J connectivity index is 1.85. The Hall–Kier alpha value is -1.21. The van der Waals surface area contributed by atoms with E-state index in [2.05, 4.69) is 10.2 Å². The highest BCUT2D eigenvalue weighted by molar-refractivity contribution is 7.91. The average molecular weight is 318 g/mol. The van der Waals surface area contributed by atoms with Gasteiger partial charge in [-0.2, -0.15) is 8.78 Å². The van der Waals surface area contributed by atoms with Gasteiger partial charge in [-0.1, -0.05) is 6.42 Å². The van der Waals surface area contributed by atoms with Gasteiger partial charge in [-0.05, 0) is 50.2 Å². The molecule has 0 amide bonds. The van der Waals surface area contributed by atoms with Crippen LogP contribution in [0.3, 0.4) is 0 Å². The summed E-state index contributed by atoms with van der Waals surface area (Å²) in [5.41, 5.74) is 0.736. The van der Waals surface area contributed by atoms with E-state index in [1.54, 1.807) is 0 Å². The number of halogens is 2. The SMILES string of the molecule is O=S(=O)(c1ccc(NCCN2CCCCC2)cc1)C(F)F. The molecule has 1 heterocycles. The first-order chi connectivity index (χ1) is 10.00. The fraction of sp³-hybridized carbons (Fsp3) is 0.571. The number of sulfone groups is 1. The highest BCUT2D eigenvalue weighted by Gasteiger charge is 2.26. The third kappa shape index (κ3) is 4.38. The van der Waals surface area contributed by atoms with Gasteiger partial charge in [0, 0.05) is 18.8 Å². The molecule has 1 aromatic carbocycles. The Morgan fingerprint density at radius 1 is 1.10 bits per heavy atom. The Morgan fingerprint density at radius 2 is 1.71 bits per heavy atom. The van der Waals surface area contributed by atoms with Crippen molar-refractivity contribution in [1.82, 2.24) is 4.90 Å². The monoisotopic (exact) mass is 318 g/mol. The molecule has 1 N–H and O–H groups in total. The summed E-state index contributed by atoms with van der Waals surface area (Å²) >= 11 is 0. The van der Waals surface area contributed by atoms with Crippen LogP contribution in [0.2, 0.25) is 0 Å². The smallest absolute Gasteiger partial charge is 0.341 e. The van der Waals surface area contributed by atoms with E-state index in [0.29, 0.717) is 0 Å². The van der Waals surface area contributed by atoms with E-state index in [0.717, 1.165) is 31.9 Å². The number of nitrogens with one attached hydrogen (secondary N) is 1. The molecule has 2 rings (SSSR count). The number of hydrogen-bond donors (Lipinski definition) is 1. The molecule has 0 saturated carbocycles. The predicted octanol–water partition coefficient (Wildman–Crippen LogP) is 2.58. The van der Waals surface area contributed by atoms with Crippen LogP contribution in [0.15, 0.2) is 29.2 Å². The second-order valence-electron chi connectivity index (χ2n) is 5.16. The first-order valence-electron chi connectivity index (χ1n) is 7.08. The van der Waals surface area contributed by atoms with E-state index < -0.39 is 15.6 Å². The lowest BCUT2D eigenvalue weighted by Crippen LogP contribution is -2.33. The van der Waals surface area contributed by atoms with Gasteiger partial charge < -0.3 is 10.2 Å². The van der Waals surface area contributed by atoms with Crippen LogP contribution in [0, 0.1) is 0 Å². The van der Waals surface area contributed by atoms with E-state index in [-0.39, 0.29) is 4.90 Å². The topological polar surface area (TPSA) is 49.4 Å². The average Bonchev–Trinajstić information content (AvgIpc) is 2.49. The summed E-state index contributed by atoms with van der Waals surface area (Å²) < 4.78 is 47.4. The van der Waals surface area contributed by atoms with Gasteiger partial charge in [0.1, 0.15) is 0 Å². The Morgan fingerprint density at radius 3 is 2.29 bits per heavy atom. The lowest BCUT2D eigenvalue weighted by Gasteiger charge is -2.26. The van der Waals surface area contributed by atoms with Crippen LogP contribution >= 0.6 is 0 Å². The van der Waals surface area contributed by atoms with Crippen molar-refractivity contribution in [2.24, 2.45) is 0 Å². The second kappa shape index (κ2) is 7.17. The van der Waals surface area contributed by atoms with Crippen molar-refractivity contribution in [3.63, 3.8) is 0 Å². The fourth-order valence-electron chi connectivity index (χ4n) is 2.41. The molecule has 1 fully saturated rings. The highest BCUT2D eigenvalue weighted by atomic mass is 32.2. The van der Waals surface area contributed by atoms with Crippen LogP contribution in [-0.2, 0) is 9.84 Å². The molecule has 0 bridgehead atoms. The molecule has 0 unspecified atom stereocenters. The minimum atomic E-state index is -4.50. The van der Waals surface area contributed by atoms with Crippen molar-refractivity contribution >= 4 is 15.5 Å². The quantitative estimate of drug-likeness (QED) is 0.876. The maximum Gasteiger partial charge on any atom is 0.341 e. The van der Waals surface area contributed by atoms with E-state index in [1.165, 1.54) is 43.5 Å². The molecule has 1 aliphatic heterocycles. The van der Waals surface area contributed by atoms with Crippen molar-refractivity contribution < 1.29 is 17.2 Å². The lowest BCUT2D eigenvalue weighted by molar-refractivity contribution is 0.234. The van der Waals surface area contributed by atoms with Gasteiger partial charge in [0.2, 0.25) is 9.84 Å². The highest BCUT2D eigenvalue weighted by Crippen LogP contribution is 2.20. The predicted molar refractivity (Wildman–Crippen MR) is 78.4 cm³/mol. The normalized spacial score (nSPS) is 17.1. The molecule has 0 spiro atoms. The van der Waals surface area contributed by atoms with Gasteiger partial charge in [-0.3, -0.25) is 0 Å². The molecular formula is C14H20F2N2O2S. The minimum absolute atomic E-state index is 0.348. The number of piperidine rings is 1. The van der Waals surface area contributed by atoms with Crippen LogP contribution in [0.1, 0.15) is 19.3 Å². The summed E-state index contributed by atoms with van der Waals surface area (Å²) in [6.45, 7) is 3.92. The first-order valence-corrected chi connectivity index (χ1v) is 8.63. The van der Waals surface area contributed by atoms with Crippen LogP contribution in [0.4, 0.5) is 14.5 Å². The number of alkyl halides is 2. The lowest BCUT2D eigenvalue weighted by atomic mass is 10.1. The number of hydrogen-bond acceptors (Lipinski definition) is 4. The maximum absolute atomic E-state index is 12.4. The molecule has 7 heteroatoms. The molecule has 0 atom stereocenters. The number of likely N-dealkylation sites (tertiary alicyclic amines) is 1. The fourth-order valence-corrected chi connectivity index (χ4v) is 3.13. The summed E-state index contributed by atoms with van der Waals surface area (Å²) in [6, 6.07) is 5.46. The van der Waals surface area contributed by atoms with Crippen molar-refractivity contribution in [3.05, 3.63) is 24.3 Å². The zero-order valence-corrected chi connectivity index (χ0v) is 12.6. The summed E-state index contributed by atoms with van der Waals surface area (Å²) in [5.74, 6) is -3.38.